The van der Waals surface area contributed by atoms with E-state index in [-0.39, 0.29) is 6.42 Å². The quantitative estimate of drug-likeness (QED) is 0.615. The van der Waals surface area contributed by atoms with Gasteiger partial charge in [-0.25, -0.2) is 13.6 Å². The second-order valence-electron chi connectivity index (χ2n) is 2.07. The van der Waals surface area contributed by atoms with Crippen molar-refractivity contribution in [3.63, 3.8) is 0 Å². The minimum atomic E-state index is -3.70. The van der Waals surface area contributed by atoms with Crippen molar-refractivity contribution in [1.29, 1.82) is 5.26 Å². The fourth-order valence-corrected chi connectivity index (χ4v) is 1.18. The minimum absolute atomic E-state index is 0.221. The van der Waals surface area contributed by atoms with Gasteiger partial charge in [0.25, 0.3) is 0 Å². The van der Waals surface area contributed by atoms with E-state index in [4.69, 9.17) is 10.4 Å². The molecule has 0 aromatic rings. The Morgan fingerprint density at radius 2 is 2.27 bits per heavy atom. The smallest absolute Gasteiger partial charge is 0.225 e. The summed E-state index contributed by atoms with van der Waals surface area (Å²) in [6.45, 7) is 3.40. The van der Waals surface area contributed by atoms with E-state index in [1.807, 2.05) is 0 Å². The molecule has 2 N–H and O–H groups in total. The SMILES string of the molecule is C=CCC[C@@H](C#N)S(N)(=O)=O. The van der Waals surface area contributed by atoms with Crippen molar-refractivity contribution < 1.29 is 8.42 Å². The van der Waals surface area contributed by atoms with Crippen LogP contribution in [0.2, 0.25) is 0 Å². The van der Waals surface area contributed by atoms with Gasteiger partial charge in [-0.3, -0.25) is 0 Å². The molecule has 0 aliphatic heterocycles. The van der Waals surface area contributed by atoms with Crippen LogP contribution in [0.3, 0.4) is 0 Å². The first-order valence-electron chi connectivity index (χ1n) is 3.04. The van der Waals surface area contributed by atoms with Gasteiger partial charge >= 0.3 is 0 Å². The summed E-state index contributed by atoms with van der Waals surface area (Å²) in [6, 6.07) is 1.62. The maximum atomic E-state index is 10.6. The van der Waals surface area contributed by atoms with Crippen molar-refractivity contribution in [3.8, 4) is 6.07 Å². The Labute approximate surface area is 66.4 Å². The van der Waals surface area contributed by atoms with Crippen LogP contribution >= 0.6 is 0 Å². The highest BCUT2D eigenvalue weighted by Gasteiger charge is 2.19. The van der Waals surface area contributed by atoms with Crippen LogP contribution in [0.1, 0.15) is 12.8 Å². The third kappa shape index (κ3) is 3.75. The van der Waals surface area contributed by atoms with E-state index >= 15 is 0 Å². The Morgan fingerprint density at radius 3 is 2.55 bits per heavy atom. The molecule has 1 atom stereocenters. The number of rotatable bonds is 4. The predicted molar refractivity (Wildman–Crippen MR) is 41.9 cm³/mol. The van der Waals surface area contributed by atoms with E-state index in [1.165, 1.54) is 0 Å². The topological polar surface area (TPSA) is 83.9 Å². The zero-order valence-electron chi connectivity index (χ0n) is 6.03. The van der Waals surface area contributed by atoms with E-state index < -0.39 is 15.3 Å². The molecule has 0 rings (SSSR count). The van der Waals surface area contributed by atoms with Crippen LogP contribution in [0, 0.1) is 11.3 Å². The Balaban J connectivity index is 4.22. The molecular weight excluding hydrogens is 164 g/mol. The standard InChI is InChI=1S/C6H10N2O2S/c1-2-3-4-6(5-7)11(8,9)10/h2,6H,1,3-4H2,(H2,8,9,10)/t6-/m0/s1. The van der Waals surface area contributed by atoms with Gasteiger partial charge in [0, 0.05) is 0 Å². The number of primary sulfonamides is 1. The Morgan fingerprint density at radius 1 is 1.73 bits per heavy atom. The summed E-state index contributed by atoms with van der Waals surface area (Å²) in [5.41, 5.74) is 0. The third-order valence-corrected chi connectivity index (χ3v) is 2.31. The summed E-state index contributed by atoms with van der Waals surface area (Å²) >= 11 is 0. The summed E-state index contributed by atoms with van der Waals surface area (Å²) in [4.78, 5) is 0. The van der Waals surface area contributed by atoms with Gasteiger partial charge in [-0.2, -0.15) is 5.26 Å². The van der Waals surface area contributed by atoms with Crippen molar-refractivity contribution in [1.82, 2.24) is 0 Å². The van der Waals surface area contributed by atoms with Crippen LogP contribution in [0.25, 0.3) is 0 Å². The Bertz CT molecular complexity index is 263. The van der Waals surface area contributed by atoms with Crippen LogP contribution in [0.4, 0.5) is 0 Å². The predicted octanol–water partition coefficient (Wildman–Crippen LogP) is 0.133. The lowest BCUT2D eigenvalue weighted by Crippen LogP contribution is -2.26. The first-order valence-corrected chi connectivity index (χ1v) is 4.65. The van der Waals surface area contributed by atoms with Crippen molar-refractivity contribution in [2.24, 2.45) is 5.14 Å². The molecule has 0 aliphatic carbocycles. The van der Waals surface area contributed by atoms with E-state index in [0.29, 0.717) is 6.42 Å². The second-order valence-corrected chi connectivity index (χ2v) is 3.82. The number of nitriles is 1. The van der Waals surface area contributed by atoms with Crippen LogP contribution in [-0.2, 0) is 10.0 Å². The summed E-state index contributed by atoms with van der Waals surface area (Å²) in [6.07, 6.45) is 2.25. The molecule has 0 saturated heterocycles. The first kappa shape index (κ1) is 10.1. The van der Waals surface area contributed by atoms with Gasteiger partial charge in [-0.1, -0.05) is 6.08 Å². The second kappa shape index (κ2) is 4.11. The molecule has 5 heteroatoms. The highest BCUT2D eigenvalue weighted by molar-refractivity contribution is 7.90. The summed E-state index contributed by atoms with van der Waals surface area (Å²) in [7, 11) is -3.70. The minimum Gasteiger partial charge on any atom is -0.228 e. The molecule has 62 valence electrons. The van der Waals surface area contributed by atoms with Crippen LogP contribution in [-0.4, -0.2) is 13.7 Å². The van der Waals surface area contributed by atoms with Gasteiger partial charge in [-0.05, 0) is 12.8 Å². The third-order valence-electron chi connectivity index (χ3n) is 1.17. The number of hydrogen-bond acceptors (Lipinski definition) is 3. The van der Waals surface area contributed by atoms with Gasteiger partial charge < -0.3 is 0 Å². The van der Waals surface area contributed by atoms with Crippen molar-refractivity contribution in [2.75, 3.05) is 0 Å². The molecule has 0 spiro atoms. The monoisotopic (exact) mass is 174 g/mol. The van der Waals surface area contributed by atoms with E-state index in [1.54, 1.807) is 12.1 Å². The van der Waals surface area contributed by atoms with Crippen LogP contribution in [0.5, 0.6) is 0 Å². The molecule has 0 heterocycles. The molecular formula is C6H10N2O2S. The average Bonchev–Trinajstić information content (AvgIpc) is 1.87. The van der Waals surface area contributed by atoms with Crippen LogP contribution < -0.4 is 5.14 Å². The molecule has 0 unspecified atom stereocenters. The van der Waals surface area contributed by atoms with E-state index in [2.05, 4.69) is 6.58 Å². The fraction of sp³-hybridized carbons (Fsp3) is 0.500. The zero-order valence-corrected chi connectivity index (χ0v) is 6.84. The Hall–Kier alpha value is -0.860. The maximum Gasteiger partial charge on any atom is 0.225 e. The van der Waals surface area contributed by atoms with Gasteiger partial charge in [0.1, 0.15) is 0 Å². The normalized spacial score (nSPS) is 13.5. The molecule has 0 fully saturated rings. The summed E-state index contributed by atoms with van der Waals surface area (Å²) in [5, 5.41) is 12.0. The Kier molecular flexibility index (Phi) is 3.79. The lowest BCUT2D eigenvalue weighted by atomic mass is 10.2. The molecule has 0 saturated carbocycles. The lowest BCUT2D eigenvalue weighted by molar-refractivity contribution is 0.587. The highest BCUT2D eigenvalue weighted by atomic mass is 32.2. The van der Waals surface area contributed by atoms with Crippen molar-refractivity contribution in [3.05, 3.63) is 12.7 Å². The molecule has 4 nitrogen and oxygen atoms in total. The lowest BCUT2D eigenvalue weighted by Gasteiger charge is -2.02. The first-order chi connectivity index (χ1) is 5.02. The highest BCUT2D eigenvalue weighted by Crippen LogP contribution is 2.03. The van der Waals surface area contributed by atoms with Gasteiger partial charge in [0.05, 0.1) is 6.07 Å². The van der Waals surface area contributed by atoms with Crippen molar-refractivity contribution >= 4 is 10.0 Å². The average molecular weight is 174 g/mol. The fourth-order valence-electron chi connectivity index (χ4n) is 0.572. The number of hydrogen-bond donors (Lipinski definition) is 1. The largest absolute Gasteiger partial charge is 0.228 e. The molecule has 0 aliphatic rings. The number of sulfonamides is 1. The molecule has 0 bridgehead atoms. The molecule has 11 heavy (non-hydrogen) atoms. The van der Waals surface area contributed by atoms with E-state index in [9.17, 15) is 8.42 Å². The number of nitrogens with two attached hydrogens (primary N) is 1. The van der Waals surface area contributed by atoms with Crippen molar-refractivity contribution in [2.45, 2.75) is 18.1 Å². The number of nitrogens with zero attached hydrogens (tertiary/aromatic N) is 1. The molecule has 0 amide bonds. The number of allylic oxidation sites excluding steroid dienone is 1. The van der Waals surface area contributed by atoms with Crippen LogP contribution in [0.15, 0.2) is 12.7 Å². The molecule has 0 aromatic carbocycles. The zero-order chi connectivity index (χ0) is 8.91. The summed E-state index contributed by atoms with van der Waals surface area (Å²) < 4.78 is 21.2. The maximum absolute atomic E-state index is 10.6. The summed E-state index contributed by atoms with van der Waals surface area (Å²) in [5.74, 6) is 0. The molecule has 0 radical (unpaired) electrons. The van der Waals surface area contributed by atoms with E-state index in [0.717, 1.165) is 0 Å². The van der Waals surface area contributed by atoms with Gasteiger partial charge in [0.2, 0.25) is 10.0 Å². The van der Waals surface area contributed by atoms with Gasteiger partial charge in [-0.15, -0.1) is 6.58 Å². The molecule has 0 aromatic heterocycles. The van der Waals surface area contributed by atoms with Gasteiger partial charge in [0.15, 0.2) is 5.25 Å².